The van der Waals surface area contributed by atoms with Gasteiger partial charge in [0.15, 0.2) is 0 Å². The van der Waals surface area contributed by atoms with Gasteiger partial charge in [0.1, 0.15) is 0 Å². The molecule has 0 aromatic carbocycles. The van der Waals surface area contributed by atoms with Gasteiger partial charge in [-0.2, -0.15) is 0 Å². The Hall–Kier alpha value is -0.870. The van der Waals surface area contributed by atoms with Crippen molar-refractivity contribution in [1.82, 2.24) is 16.0 Å². The summed E-state index contributed by atoms with van der Waals surface area (Å²) in [7, 11) is 0. The van der Waals surface area contributed by atoms with E-state index in [0.717, 1.165) is 12.8 Å². The summed E-state index contributed by atoms with van der Waals surface area (Å²) >= 11 is 0. The van der Waals surface area contributed by atoms with Crippen molar-refractivity contribution < 1.29 is 4.79 Å². The SMILES string of the molecule is C=CCNCC(=O)NC1CC(C)(C)NC(C)(C)C1. The van der Waals surface area contributed by atoms with Crippen LogP contribution >= 0.6 is 0 Å². The molecule has 1 saturated heterocycles. The van der Waals surface area contributed by atoms with Gasteiger partial charge in [0.2, 0.25) is 5.91 Å². The van der Waals surface area contributed by atoms with Gasteiger partial charge in [0, 0.05) is 23.7 Å². The lowest BCUT2D eigenvalue weighted by atomic mass is 9.79. The molecule has 0 aromatic rings. The molecule has 0 radical (unpaired) electrons. The molecule has 0 spiro atoms. The van der Waals surface area contributed by atoms with Gasteiger partial charge in [-0.3, -0.25) is 4.79 Å². The molecule has 0 aliphatic carbocycles. The maximum Gasteiger partial charge on any atom is 0.234 e. The summed E-state index contributed by atoms with van der Waals surface area (Å²) in [5, 5.41) is 9.74. The van der Waals surface area contributed by atoms with Crippen molar-refractivity contribution in [2.75, 3.05) is 13.1 Å². The molecule has 0 bridgehead atoms. The molecule has 18 heavy (non-hydrogen) atoms. The molecule has 104 valence electrons. The molecule has 1 aliphatic heterocycles. The number of hydrogen-bond donors (Lipinski definition) is 3. The predicted molar refractivity (Wildman–Crippen MR) is 75.5 cm³/mol. The molecule has 1 heterocycles. The Morgan fingerprint density at radius 1 is 1.33 bits per heavy atom. The Morgan fingerprint density at radius 3 is 2.39 bits per heavy atom. The summed E-state index contributed by atoms with van der Waals surface area (Å²) in [6, 6.07) is 0.245. The number of piperidine rings is 1. The predicted octanol–water partition coefficient (Wildman–Crippen LogP) is 1.19. The summed E-state index contributed by atoms with van der Waals surface area (Å²) in [6.45, 7) is 13.4. The van der Waals surface area contributed by atoms with E-state index < -0.39 is 0 Å². The number of hydrogen-bond acceptors (Lipinski definition) is 3. The van der Waals surface area contributed by atoms with Crippen LogP contribution in [0.4, 0.5) is 0 Å². The number of rotatable bonds is 5. The van der Waals surface area contributed by atoms with Gasteiger partial charge < -0.3 is 16.0 Å². The second-order valence-electron chi connectivity index (χ2n) is 6.49. The minimum atomic E-state index is 0.0637. The van der Waals surface area contributed by atoms with Crippen LogP contribution in [-0.4, -0.2) is 36.1 Å². The van der Waals surface area contributed by atoms with Crippen LogP contribution in [0.15, 0.2) is 12.7 Å². The number of carbonyl (C=O) groups is 1. The van der Waals surface area contributed by atoms with Crippen LogP contribution in [0, 0.1) is 0 Å². The lowest BCUT2D eigenvalue weighted by Gasteiger charge is -2.46. The smallest absolute Gasteiger partial charge is 0.234 e. The Kier molecular flexibility index (Phi) is 4.93. The zero-order valence-corrected chi connectivity index (χ0v) is 12.1. The van der Waals surface area contributed by atoms with Gasteiger partial charge in [0.05, 0.1) is 6.54 Å². The summed E-state index contributed by atoms with van der Waals surface area (Å²) in [6.07, 6.45) is 3.68. The van der Waals surface area contributed by atoms with Gasteiger partial charge in [-0.15, -0.1) is 6.58 Å². The quantitative estimate of drug-likeness (QED) is 0.509. The highest BCUT2D eigenvalue weighted by molar-refractivity contribution is 5.78. The van der Waals surface area contributed by atoms with E-state index in [4.69, 9.17) is 0 Å². The minimum absolute atomic E-state index is 0.0637. The third-order valence-corrected chi connectivity index (χ3v) is 3.13. The Labute approximate surface area is 111 Å². The average molecular weight is 253 g/mol. The molecule has 1 rings (SSSR count). The highest BCUT2D eigenvalue weighted by Crippen LogP contribution is 2.28. The van der Waals surface area contributed by atoms with E-state index in [9.17, 15) is 4.79 Å². The fraction of sp³-hybridized carbons (Fsp3) is 0.786. The first kappa shape index (κ1) is 15.2. The Bertz CT molecular complexity index is 294. The monoisotopic (exact) mass is 253 g/mol. The first-order valence-electron chi connectivity index (χ1n) is 6.64. The second kappa shape index (κ2) is 5.85. The van der Waals surface area contributed by atoms with Gasteiger partial charge in [0.25, 0.3) is 0 Å². The van der Waals surface area contributed by atoms with Crippen molar-refractivity contribution in [3.05, 3.63) is 12.7 Å². The van der Waals surface area contributed by atoms with E-state index in [0.29, 0.717) is 13.1 Å². The van der Waals surface area contributed by atoms with E-state index in [1.54, 1.807) is 6.08 Å². The highest BCUT2D eigenvalue weighted by atomic mass is 16.1. The van der Waals surface area contributed by atoms with Crippen LogP contribution in [0.5, 0.6) is 0 Å². The van der Waals surface area contributed by atoms with E-state index in [1.165, 1.54) is 0 Å². The first-order valence-corrected chi connectivity index (χ1v) is 6.64. The second-order valence-corrected chi connectivity index (χ2v) is 6.49. The normalized spacial score (nSPS) is 22.4. The minimum Gasteiger partial charge on any atom is -0.352 e. The molecule has 0 aromatic heterocycles. The van der Waals surface area contributed by atoms with Crippen LogP contribution < -0.4 is 16.0 Å². The third-order valence-electron chi connectivity index (χ3n) is 3.13. The lowest BCUT2D eigenvalue weighted by molar-refractivity contribution is -0.121. The standard InChI is InChI=1S/C14H27N3O/c1-6-7-15-10-12(18)16-11-8-13(2,3)17-14(4,5)9-11/h6,11,15,17H,1,7-10H2,2-5H3,(H,16,18). The maximum atomic E-state index is 11.8. The van der Waals surface area contributed by atoms with Crippen molar-refractivity contribution >= 4 is 5.91 Å². The molecular weight excluding hydrogens is 226 g/mol. The van der Waals surface area contributed by atoms with Gasteiger partial charge in [-0.05, 0) is 40.5 Å². The summed E-state index contributed by atoms with van der Waals surface area (Å²) < 4.78 is 0. The zero-order chi connectivity index (χ0) is 13.8. The summed E-state index contributed by atoms with van der Waals surface area (Å²) in [5.74, 6) is 0.0651. The fourth-order valence-corrected chi connectivity index (χ4v) is 2.99. The van der Waals surface area contributed by atoms with Crippen LogP contribution in [0.3, 0.4) is 0 Å². The van der Waals surface area contributed by atoms with Gasteiger partial charge in [-0.1, -0.05) is 6.08 Å². The molecule has 4 nitrogen and oxygen atoms in total. The van der Waals surface area contributed by atoms with Crippen LogP contribution in [0.1, 0.15) is 40.5 Å². The molecule has 4 heteroatoms. The molecule has 0 unspecified atom stereocenters. The van der Waals surface area contributed by atoms with Gasteiger partial charge in [-0.25, -0.2) is 0 Å². The topological polar surface area (TPSA) is 53.2 Å². The zero-order valence-electron chi connectivity index (χ0n) is 12.1. The van der Waals surface area contributed by atoms with E-state index in [-0.39, 0.29) is 23.0 Å². The molecule has 0 saturated carbocycles. The largest absolute Gasteiger partial charge is 0.352 e. The van der Waals surface area contributed by atoms with Gasteiger partial charge >= 0.3 is 0 Å². The van der Waals surface area contributed by atoms with Crippen molar-refractivity contribution in [3.63, 3.8) is 0 Å². The summed E-state index contributed by atoms with van der Waals surface area (Å²) in [4.78, 5) is 11.8. The number of nitrogens with one attached hydrogen (secondary N) is 3. The molecule has 1 aliphatic rings. The van der Waals surface area contributed by atoms with Crippen LogP contribution in [-0.2, 0) is 4.79 Å². The molecule has 0 atom stereocenters. The Balaban J connectivity index is 2.46. The number of carbonyl (C=O) groups excluding carboxylic acids is 1. The van der Waals surface area contributed by atoms with E-state index in [1.807, 2.05) is 0 Å². The first-order chi connectivity index (χ1) is 8.24. The Morgan fingerprint density at radius 2 is 1.89 bits per heavy atom. The summed E-state index contributed by atoms with van der Waals surface area (Å²) in [5.41, 5.74) is 0.127. The number of amides is 1. The van der Waals surface area contributed by atoms with Crippen LogP contribution in [0.25, 0.3) is 0 Å². The third kappa shape index (κ3) is 5.19. The molecular formula is C14H27N3O. The van der Waals surface area contributed by atoms with E-state index in [2.05, 4.69) is 50.2 Å². The van der Waals surface area contributed by atoms with Crippen molar-refractivity contribution in [3.8, 4) is 0 Å². The maximum absolute atomic E-state index is 11.8. The van der Waals surface area contributed by atoms with Crippen molar-refractivity contribution in [1.29, 1.82) is 0 Å². The lowest BCUT2D eigenvalue weighted by Crippen LogP contribution is -2.62. The molecule has 1 amide bonds. The average Bonchev–Trinajstić information content (AvgIpc) is 2.12. The van der Waals surface area contributed by atoms with E-state index >= 15 is 0 Å². The highest BCUT2D eigenvalue weighted by Gasteiger charge is 2.37. The molecule has 3 N–H and O–H groups in total. The van der Waals surface area contributed by atoms with Crippen molar-refractivity contribution in [2.24, 2.45) is 0 Å². The fourth-order valence-electron chi connectivity index (χ4n) is 2.99. The van der Waals surface area contributed by atoms with Crippen molar-refractivity contribution in [2.45, 2.75) is 57.7 Å². The molecule has 1 fully saturated rings. The van der Waals surface area contributed by atoms with Crippen LogP contribution in [0.2, 0.25) is 0 Å².